The molecule has 57 heavy (non-hydrogen) atoms. The Morgan fingerprint density at radius 1 is 0.526 bits per heavy atom. The van der Waals surface area contributed by atoms with Crippen LogP contribution in [-0.2, 0) is 0 Å². The third-order valence-corrected chi connectivity index (χ3v) is 12.5. The largest absolute Gasteiger partial charge is 0.492 e. The number of thiol groups is 1. The fourth-order valence-electron chi connectivity index (χ4n) is 6.47. The fraction of sp³-hybridized carbons (Fsp3) is 0.549. The van der Waals surface area contributed by atoms with Crippen LogP contribution in [0.4, 0.5) is 0 Å². The van der Waals surface area contributed by atoms with E-state index >= 15 is 0 Å². The number of thioether (sulfide) groups is 2. The highest BCUT2D eigenvalue weighted by atomic mass is 32.2. The SMILES string of the molecule is CCCCCCCCCCCCOc1cc(C#Cc2ccc(C(=O)SCCSCCS)cc2)c(OCCCCCCCCCCCC)cc1C#Cc1ccccc1. The normalized spacial score (nSPS) is 10.7. The molecule has 0 radical (unpaired) electrons. The predicted molar refractivity (Wildman–Crippen MR) is 254 cm³/mol. The van der Waals surface area contributed by atoms with Crippen LogP contribution in [0.3, 0.4) is 0 Å². The Kier molecular flexibility index (Phi) is 28.1. The van der Waals surface area contributed by atoms with Crippen molar-refractivity contribution in [3.8, 4) is 35.2 Å². The lowest BCUT2D eigenvalue weighted by atomic mass is 10.1. The van der Waals surface area contributed by atoms with Gasteiger partial charge >= 0.3 is 0 Å². The Bertz CT molecular complexity index is 1610. The summed E-state index contributed by atoms with van der Waals surface area (Å²) in [7, 11) is 0. The Morgan fingerprint density at radius 2 is 0.965 bits per heavy atom. The van der Waals surface area contributed by atoms with Gasteiger partial charge in [0.05, 0.1) is 24.3 Å². The Labute approximate surface area is 361 Å². The summed E-state index contributed by atoms with van der Waals surface area (Å²) in [5.74, 6) is 18.6. The lowest BCUT2D eigenvalue weighted by molar-refractivity contribution is 0.108. The van der Waals surface area contributed by atoms with Gasteiger partial charge in [0.25, 0.3) is 0 Å². The van der Waals surface area contributed by atoms with Gasteiger partial charge in [0, 0.05) is 46.1 Å². The molecule has 3 nitrogen and oxygen atoms in total. The van der Waals surface area contributed by atoms with Crippen LogP contribution in [-0.4, -0.2) is 41.3 Å². The molecule has 0 saturated carbocycles. The summed E-state index contributed by atoms with van der Waals surface area (Å²) in [4.78, 5) is 12.8. The number of hydrogen-bond acceptors (Lipinski definition) is 6. The minimum Gasteiger partial charge on any atom is -0.492 e. The minimum absolute atomic E-state index is 0.0973. The molecule has 6 heteroatoms. The summed E-state index contributed by atoms with van der Waals surface area (Å²) >= 11 is 7.47. The van der Waals surface area contributed by atoms with E-state index < -0.39 is 0 Å². The lowest BCUT2D eigenvalue weighted by Crippen LogP contribution is -2.03. The molecule has 0 fully saturated rings. The van der Waals surface area contributed by atoms with Gasteiger partial charge < -0.3 is 9.47 Å². The van der Waals surface area contributed by atoms with Gasteiger partial charge in [0.15, 0.2) is 0 Å². The van der Waals surface area contributed by atoms with E-state index in [0.29, 0.717) is 18.8 Å². The molecule has 0 spiro atoms. The van der Waals surface area contributed by atoms with E-state index in [1.54, 1.807) is 0 Å². The summed E-state index contributed by atoms with van der Waals surface area (Å²) < 4.78 is 13.0. The maximum atomic E-state index is 12.8. The van der Waals surface area contributed by atoms with Crippen molar-refractivity contribution < 1.29 is 14.3 Å². The molecule has 3 aromatic rings. The first-order chi connectivity index (χ1) is 28.1. The van der Waals surface area contributed by atoms with Gasteiger partial charge in [-0.05, 0) is 55.0 Å². The van der Waals surface area contributed by atoms with Gasteiger partial charge in [-0.2, -0.15) is 24.4 Å². The quantitative estimate of drug-likeness (QED) is 0.0411. The van der Waals surface area contributed by atoms with Crippen LogP contribution in [0.15, 0.2) is 66.7 Å². The van der Waals surface area contributed by atoms with Crippen LogP contribution in [0, 0.1) is 23.7 Å². The third-order valence-electron chi connectivity index (χ3n) is 9.87. The first kappa shape index (κ1) is 48.5. The zero-order valence-electron chi connectivity index (χ0n) is 35.2. The van der Waals surface area contributed by atoms with E-state index in [0.717, 1.165) is 76.0 Å². The average Bonchev–Trinajstić information content (AvgIpc) is 3.24. The van der Waals surface area contributed by atoms with Gasteiger partial charge in [0.2, 0.25) is 5.12 Å². The van der Waals surface area contributed by atoms with Crippen molar-refractivity contribution in [2.75, 3.05) is 36.2 Å². The maximum Gasteiger partial charge on any atom is 0.219 e. The second-order valence-corrected chi connectivity index (χ2v) is 17.6. The second kappa shape index (κ2) is 33.0. The summed E-state index contributed by atoms with van der Waals surface area (Å²) in [6.07, 6.45) is 25.6. The summed E-state index contributed by atoms with van der Waals surface area (Å²) in [6.45, 7) is 5.83. The minimum atomic E-state index is 0.0973. The standard InChI is InChI=1S/C51H70O3S3/c1-3-5-7-9-11-13-15-17-19-24-36-53-49-43-48(35-31-45-28-32-46(33-29-45)51(52)57-41-40-56-39-38-55)50(42-47(49)34-30-44-26-22-21-23-27-44)54-37-25-20-18-16-14-12-10-8-6-4-2/h21-23,26-29,32-33,42-43,55H,3-20,24-25,36-41H2,1-2H3. The van der Waals surface area contributed by atoms with Crippen LogP contribution in [0.5, 0.6) is 11.5 Å². The molecule has 0 saturated heterocycles. The molecule has 0 bridgehead atoms. The number of ether oxygens (including phenoxy) is 2. The van der Waals surface area contributed by atoms with Crippen LogP contribution in [0.25, 0.3) is 0 Å². The highest BCUT2D eigenvalue weighted by molar-refractivity contribution is 8.14. The smallest absolute Gasteiger partial charge is 0.219 e. The van der Waals surface area contributed by atoms with Crippen molar-refractivity contribution in [2.24, 2.45) is 0 Å². The van der Waals surface area contributed by atoms with Crippen LogP contribution >= 0.6 is 36.2 Å². The topological polar surface area (TPSA) is 35.5 Å². The number of hydrogen-bond donors (Lipinski definition) is 1. The molecule has 0 aliphatic rings. The second-order valence-electron chi connectivity index (χ2n) is 14.8. The molecule has 3 aromatic carbocycles. The highest BCUT2D eigenvalue weighted by Gasteiger charge is 2.12. The van der Waals surface area contributed by atoms with E-state index in [1.165, 1.54) is 121 Å². The number of unbranched alkanes of at least 4 members (excludes halogenated alkanes) is 18. The molecule has 0 amide bonds. The molecule has 0 atom stereocenters. The van der Waals surface area contributed by atoms with Gasteiger partial charge in [-0.3, -0.25) is 4.79 Å². The molecule has 0 unspecified atom stereocenters. The number of benzene rings is 3. The number of carbonyl (C=O) groups is 1. The monoisotopic (exact) mass is 826 g/mol. The lowest BCUT2D eigenvalue weighted by Gasteiger charge is -2.14. The Balaban J connectivity index is 1.73. The van der Waals surface area contributed by atoms with Crippen LogP contribution in [0.1, 0.15) is 175 Å². The number of rotatable bonds is 30. The first-order valence-electron chi connectivity index (χ1n) is 22.1. The van der Waals surface area contributed by atoms with Gasteiger partial charge in [-0.25, -0.2) is 0 Å². The van der Waals surface area contributed by atoms with E-state index in [1.807, 2.05) is 78.5 Å². The van der Waals surface area contributed by atoms with Crippen molar-refractivity contribution in [3.05, 3.63) is 94.5 Å². The summed E-state index contributed by atoms with van der Waals surface area (Å²) in [5.41, 5.74) is 4.12. The molecule has 0 aromatic heterocycles. The van der Waals surface area contributed by atoms with E-state index in [-0.39, 0.29) is 5.12 Å². The van der Waals surface area contributed by atoms with Crippen molar-refractivity contribution in [1.29, 1.82) is 0 Å². The zero-order valence-corrected chi connectivity index (χ0v) is 37.8. The van der Waals surface area contributed by atoms with Gasteiger partial charge in [-0.15, -0.1) is 0 Å². The van der Waals surface area contributed by atoms with Crippen molar-refractivity contribution in [1.82, 2.24) is 0 Å². The zero-order chi connectivity index (χ0) is 40.4. The van der Waals surface area contributed by atoms with E-state index in [2.05, 4.69) is 50.2 Å². The van der Waals surface area contributed by atoms with Crippen molar-refractivity contribution >= 4 is 41.3 Å². The Morgan fingerprint density at radius 3 is 1.42 bits per heavy atom. The molecular weight excluding hydrogens is 757 g/mol. The molecule has 0 aliphatic carbocycles. The molecule has 0 N–H and O–H groups in total. The van der Waals surface area contributed by atoms with Gasteiger partial charge in [-0.1, -0.05) is 183 Å². The van der Waals surface area contributed by atoms with Crippen molar-refractivity contribution in [2.45, 2.75) is 142 Å². The fourth-order valence-corrected chi connectivity index (χ4v) is 8.48. The summed E-state index contributed by atoms with van der Waals surface area (Å²) in [6, 6.07) is 21.8. The summed E-state index contributed by atoms with van der Waals surface area (Å²) in [5, 5.41) is 0.0973. The first-order valence-corrected chi connectivity index (χ1v) is 24.9. The van der Waals surface area contributed by atoms with Crippen LogP contribution in [0.2, 0.25) is 0 Å². The highest BCUT2D eigenvalue weighted by Crippen LogP contribution is 2.30. The third kappa shape index (κ3) is 22.7. The van der Waals surface area contributed by atoms with Crippen LogP contribution < -0.4 is 9.47 Å². The van der Waals surface area contributed by atoms with Crippen molar-refractivity contribution in [3.63, 3.8) is 0 Å². The maximum absolute atomic E-state index is 12.8. The average molecular weight is 827 g/mol. The molecule has 0 heterocycles. The Hall–Kier alpha value is -2.90. The predicted octanol–water partition coefficient (Wildman–Crippen LogP) is 14.6. The van der Waals surface area contributed by atoms with Gasteiger partial charge in [0.1, 0.15) is 11.5 Å². The molecule has 310 valence electrons. The van der Waals surface area contributed by atoms with E-state index in [4.69, 9.17) is 9.47 Å². The molecule has 3 rings (SSSR count). The molecule has 0 aliphatic heterocycles. The molecular formula is C51H70O3S3. The van der Waals surface area contributed by atoms with E-state index in [9.17, 15) is 4.79 Å². The number of carbonyl (C=O) groups excluding carboxylic acids is 1.